The number of ketones is 1. The maximum atomic E-state index is 13.8. The number of carbonyl (C=O) groups is 4. The second-order valence-electron chi connectivity index (χ2n) is 12.8. The number of aryl methyl sites for hydroxylation is 1. The summed E-state index contributed by atoms with van der Waals surface area (Å²) in [7, 11) is 0. The molecule has 3 amide bonds. The van der Waals surface area contributed by atoms with Gasteiger partial charge in [-0.05, 0) is 55.7 Å². The van der Waals surface area contributed by atoms with E-state index in [4.69, 9.17) is 15.9 Å². The van der Waals surface area contributed by atoms with Gasteiger partial charge >= 0.3 is 6.09 Å². The molecule has 0 bridgehead atoms. The van der Waals surface area contributed by atoms with E-state index in [0.29, 0.717) is 63.7 Å². The number of thiazole rings is 1. The topological polar surface area (TPSA) is 180 Å². The van der Waals surface area contributed by atoms with Crippen molar-refractivity contribution in [2.75, 3.05) is 19.6 Å². The number of amides is 3. The van der Waals surface area contributed by atoms with Crippen LogP contribution in [0.2, 0.25) is 0 Å². The van der Waals surface area contributed by atoms with Crippen LogP contribution in [0, 0.1) is 11.3 Å². The fourth-order valence-corrected chi connectivity index (χ4v) is 6.88. The number of hydrogen-bond acceptors (Lipinski definition) is 8. The van der Waals surface area contributed by atoms with E-state index in [0.717, 1.165) is 10.3 Å². The Balaban J connectivity index is 1.48. The number of benzene rings is 2. The summed E-state index contributed by atoms with van der Waals surface area (Å²) in [6.07, 6.45) is 2.58. The van der Waals surface area contributed by atoms with Gasteiger partial charge in [-0.3, -0.25) is 19.8 Å². The Morgan fingerprint density at radius 2 is 1.71 bits per heavy atom. The number of fused-ring (bicyclic) bond motifs is 1. The lowest BCUT2D eigenvalue weighted by Crippen LogP contribution is -2.54. The number of aromatic nitrogens is 1. The zero-order chi connectivity index (χ0) is 34.7. The van der Waals surface area contributed by atoms with Crippen molar-refractivity contribution < 1.29 is 23.9 Å². The first-order chi connectivity index (χ1) is 22.9. The molecule has 1 aromatic heterocycles. The van der Waals surface area contributed by atoms with E-state index in [1.54, 1.807) is 4.90 Å². The number of nitrogens with one attached hydrogen (secondary N) is 4. The number of guanidine groups is 1. The molecule has 48 heavy (non-hydrogen) atoms. The summed E-state index contributed by atoms with van der Waals surface area (Å²) in [6.45, 7) is 6.73. The zero-order valence-corrected chi connectivity index (χ0v) is 28.7. The fraction of sp³-hybridized carbons (Fsp3) is 0.486. The summed E-state index contributed by atoms with van der Waals surface area (Å²) in [5.41, 5.74) is 6.43. The number of alkyl carbamates (subject to hydrolysis) is 1. The van der Waals surface area contributed by atoms with Gasteiger partial charge in [-0.2, -0.15) is 0 Å². The average Bonchev–Trinajstić information content (AvgIpc) is 3.49. The first-order valence-corrected chi connectivity index (χ1v) is 17.3. The Labute approximate surface area is 285 Å². The van der Waals surface area contributed by atoms with Crippen molar-refractivity contribution in [1.29, 1.82) is 5.41 Å². The minimum absolute atomic E-state index is 0.0168. The van der Waals surface area contributed by atoms with Crippen molar-refractivity contribution in [3.63, 3.8) is 0 Å². The number of carbonyl (C=O) groups excluding carboxylic acids is 4. The Hall–Kier alpha value is -4.52. The standard InChI is InChI=1S/C35H47N7O5S/c1-23(2)22-28(41-34(46)47-35(16-15-25-10-5-4-6-11-25)17-20-42(21-18-35)24(3)43)31(45)39-27(13-9-19-38-33(36)37)30(44)32-40-26-12-7-8-14-29(26)48-32/h4-8,10-12,14,23,27-28H,9,13,15-22H2,1-3H3,(H,39,45)(H,41,46)(H4,36,37,38)/t27-,28-/m0/s1. The van der Waals surface area contributed by atoms with E-state index in [9.17, 15) is 19.2 Å². The van der Waals surface area contributed by atoms with Gasteiger partial charge in [0, 0.05) is 39.4 Å². The normalized spacial score (nSPS) is 15.4. The minimum atomic E-state index is -0.956. The molecule has 3 aromatic rings. The largest absolute Gasteiger partial charge is 0.443 e. The lowest BCUT2D eigenvalue weighted by atomic mass is 9.85. The molecule has 0 radical (unpaired) electrons. The van der Waals surface area contributed by atoms with Crippen LogP contribution >= 0.6 is 11.3 Å². The second kappa shape index (κ2) is 17.0. The number of Topliss-reactive ketones (excluding diaryl/α,β-unsaturated/α-hetero) is 1. The molecule has 1 aliphatic heterocycles. The summed E-state index contributed by atoms with van der Waals surface area (Å²) in [6, 6.07) is 15.5. The van der Waals surface area contributed by atoms with Gasteiger partial charge in [0.1, 0.15) is 11.6 Å². The summed E-state index contributed by atoms with van der Waals surface area (Å²) >= 11 is 1.26. The van der Waals surface area contributed by atoms with E-state index in [1.165, 1.54) is 18.3 Å². The van der Waals surface area contributed by atoms with Crippen LogP contribution in [-0.4, -0.2) is 76.9 Å². The third-order valence-electron chi connectivity index (χ3n) is 8.58. The van der Waals surface area contributed by atoms with Crippen molar-refractivity contribution in [3.05, 3.63) is 65.2 Å². The fourth-order valence-electron chi connectivity index (χ4n) is 5.92. The van der Waals surface area contributed by atoms with Gasteiger partial charge in [-0.15, -0.1) is 11.3 Å². The van der Waals surface area contributed by atoms with Crippen LogP contribution < -0.4 is 21.7 Å². The summed E-state index contributed by atoms with van der Waals surface area (Å²) in [4.78, 5) is 59.4. The Morgan fingerprint density at radius 1 is 1.02 bits per heavy atom. The van der Waals surface area contributed by atoms with E-state index in [2.05, 4.69) is 20.9 Å². The van der Waals surface area contributed by atoms with Gasteiger partial charge in [0.25, 0.3) is 0 Å². The highest BCUT2D eigenvalue weighted by molar-refractivity contribution is 7.20. The maximum Gasteiger partial charge on any atom is 0.408 e. The number of para-hydroxylation sites is 1. The molecule has 0 aliphatic carbocycles. The van der Waals surface area contributed by atoms with Gasteiger partial charge in [-0.25, -0.2) is 9.78 Å². The average molecular weight is 678 g/mol. The highest BCUT2D eigenvalue weighted by Gasteiger charge is 2.39. The molecule has 2 aromatic carbocycles. The van der Waals surface area contributed by atoms with Crippen LogP contribution in [-0.2, 0) is 20.7 Å². The number of likely N-dealkylation sites (tertiary alicyclic amines) is 1. The third-order valence-corrected chi connectivity index (χ3v) is 9.63. The Morgan fingerprint density at radius 3 is 2.35 bits per heavy atom. The Kier molecular flexibility index (Phi) is 12.9. The summed E-state index contributed by atoms with van der Waals surface area (Å²) < 4.78 is 7.03. The molecule has 0 saturated carbocycles. The molecule has 258 valence electrons. The predicted octanol–water partition coefficient (Wildman–Crippen LogP) is 4.38. The monoisotopic (exact) mass is 677 g/mol. The Bertz CT molecular complexity index is 1540. The highest BCUT2D eigenvalue weighted by atomic mass is 32.1. The number of nitrogens with two attached hydrogens (primary N) is 1. The third kappa shape index (κ3) is 10.5. The number of nitrogens with zero attached hydrogens (tertiary/aromatic N) is 2. The molecule has 4 rings (SSSR count). The smallest absolute Gasteiger partial charge is 0.408 e. The van der Waals surface area contributed by atoms with Gasteiger partial charge in [0.2, 0.25) is 17.6 Å². The molecular weight excluding hydrogens is 630 g/mol. The molecule has 1 saturated heterocycles. The van der Waals surface area contributed by atoms with Gasteiger partial charge < -0.3 is 31.3 Å². The molecule has 2 atom stereocenters. The van der Waals surface area contributed by atoms with Crippen LogP contribution in [0.5, 0.6) is 0 Å². The molecule has 12 nitrogen and oxygen atoms in total. The summed E-state index contributed by atoms with van der Waals surface area (Å²) in [5, 5.41) is 16.1. The quantitative estimate of drug-likeness (QED) is 0.0680. The number of rotatable bonds is 15. The SMILES string of the molecule is CC(=O)N1CCC(CCc2ccccc2)(OC(=O)N[C@@H](CC(C)C)C(=O)N[C@@H](CCCNC(=N)N)C(=O)c2nc3ccccc3s2)CC1. The van der Waals surface area contributed by atoms with Crippen molar-refractivity contribution in [3.8, 4) is 0 Å². The van der Waals surface area contributed by atoms with Crippen LogP contribution in [0.1, 0.15) is 74.7 Å². The molecule has 1 aliphatic rings. The molecule has 13 heteroatoms. The number of ether oxygens (including phenoxy) is 1. The van der Waals surface area contributed by atoms with Gasteiger partial charge in [0.05, 0.1) is 16.3 Å². The van der Waals surface area contributed by atoms with Crippen molar-refractivity contribution in [1.82, 2.24) is 25.8 Å². The number of hydrogen-bond donors (Lipinski definition) is 5. The van der Waals surface area contributed by atoms with E-state index >= 15 is 0 Å². The second-order valence-corrected chi connectivity index (χ2v) is 13.8. The minimum Gasteiger partial charge on any atom is -0.443 e. The van der Waals surface area contributed by atoms with Crippen LogP contribution in [0.4, 0.5) is 4.79 Å². The first kappa shape index (κ1) is 36.3. The summed E-state index contributed by atoms with van der Waals surface area (Å²) in [5.74, 6) is -0.970. The molecule has 0 unspecified atom stereocenters. The molecule has 1 fully saturated rings. The van der Waals surface area contributed by atoms with Crippen molar-refractivity contribution >= 4 is 51.2 Å². The molecule has 0 spiro atoms. The molecule has 6 N–H and O–H groups in total. The number of piperidine rings is 1. The zero-order valence-electron chi connectivity index (χ0n) is 27.9. The van der Waals surface area contributed by atoms with E-state index in [-0.39, 0.29) is 35.0 Å². The predicted molar refractivity (Wildman–Crippen MR) is 187 cm³/mol. The van der Waals surface area contributed by atoms with Crippen molar-refractivity contribution in [2.24, 2.45) is 11.7 Å². The lowest BCUT2D eigenvalue weighted by molar-refractivity contribution is -0.133. The first-order valence-electron chi connectivity index (χ1n) is 16.5. The molecule has 2 heterocycles. The van der Waals surface area contributed by atoms with E-state index in [1.807, 2.05) is 68.4 Å². The van der Waals surface area contributed by atoms with E-state index < -0.39 is 29.7 Å². The van der Waals surface area contributed by atoms with Gasteiger partial charge in [0.15, 0.2) is 11.0 Å². The van der Waals surface area contributed by atoms with Gasteiger partial charge in [-0.1, -0.05) is 56.3 Å². The van der Waals surface area contributed by atoms with Crippen LogP contribution in [0.25, 0.3) is 10.2 Å². The molecular formula is C35H47N7O5S. The highest BCUT2D eigenvalue weighted by Crippen LogP contribution is 2.32. The van der Waals surface area contributed by atoms with Crippen molar-refractivity contribution in [2.45, 2.75) is 83.4 Å². The van der Waals surface area contributed by atoms with Crippen LogP contribution in [0.15, 0.2) is 54.6 Å². The lowest BCUT2D eigenvalue weighted by Gasteiger charge is -2.41. The maximum absolute atomic E-state index is 13.8. The van der Waals surface area contributed by atoms with Crippen LogP contribution in [0.3, 0.4) is 0 Å².